The summed E-state index contributed by atoms with van der Waals surface area (Å²) in [6.07, 6.45) is 3.30. The molecule has 17 heavy (non-hydrogen) atoms. The van der Waals surface area contributed by atoms with Crippen LogP contribution in [0.3, 0.4) is 0 Å². The molecule has 0 radical (unpaired) electrons. The maximum atomic E-state index is 11.6. The van der Waals surface area contributed by atoms with Gasteiger partial charge in [0.1, 0.15) is 0 Å². The molecule has 3 unspecified atom stereocenters. The molecule has 98 valence electrons. The third-order valence-electron chi connectivity index (χ3n) is 3.46. The van der Waals surface area contributed by atoms with E-state index in [0.717, 1.165) is 19.3 Å². The van der Waals surface area contributed by atoms with Gasteiger partial charge in [-0.1, -0.05) is 26.7 Å². The molecular weight excluding hydrogens is 220 g/mol. The van der Waals surface area contributed by atoms with Gasteiger partial charge in [0, 0.05) is 12.6 Å². The lowest BCUT2D eigenvalue weighted by molar-refractivity contribution is -0.142. The lowest BCUT2D eigenvalue weighted by Crippen LogP contribution is -2.46. The molecule has 0 aromatic carbocycles. The maximum Gasteiger partial charge on any atom is 0.315 e. The molecule has 0 aromatic rings. The van der Waals surface area contributed by atoms with Crippen LogP contribution in [0, 0.1) is 11.8 Å². The number of nitrogens with one attached hydrogen (secondary N) is 2. The van der Waals surface area contributed by atoms with Crippen LogP contribution in [-0.2, 0) is 4.79 Å². The van der Waals surface area contributed by atoms with Crippen molar-refractivity contribution in [1.82, 2.24) is 10.6 Å². The van der Waals surface area contributed by atoms with Crippen LogP contribution in [0.15, 0.2) is 0 Å². The maximum absolute atomic E-state index is 11.6. The van der Waals surface area contributed by atoms with Crippen LogP contribution in [0.4, 0.5) is 4.79 Å². The number of carbonyl (C=O) groups is 2. The van der Waals surface area contributed by atoms with Gasteiger partial charge in [-0.15, -0.1) is 0 Å². The van der Waals surface area contributed by atoms with Gasteiger partial charge in [-0.2, -0.15) is 0 Å². The van der Waals surface area contributed by atoms with Crippen LogP contribution >= 0.6 is 0 Å². The van der Waals surface area contributed by atoms with E-state index >= 15 is 0 Å². The van der Waals surface area contributed by atoms with E-state index in [0.29, 0.717) is 18.9 Å². The molecule has 1 rings (SSSR count). The quantitative estimate of drug-likeness (QED) is 0.685. The van der Waals surface area contributed by atoms with Gasteiger partial charge in [0.2, 0.25) is 0 Å². The zero-order valence-electron chi connectivity index (χ0n) is 10.5. The van der Waals surface area contributed by atoms with Crippen LogP contribution < -0.4 is 10.6 Å². The average Bonchev–Trinajstić information content (AvgIpc) is 2.74. The molecule has 3 N–H and O–H groups in total. The van der Waals surface area contributed by atoms with Crippen molar-refractivity contribution in [2.24, 2.45) is 11.8 Å². The molecule has 0 saturated heterocycles. The Morgan fingerprint density at radius 3 is 2.71 bits per heavy atom. The highest BCUT2D eigenvalue weighted by molar-refractivity contribution is 5.77. The molecule has 0 bridgehead atoms. The number of aliphatic carboxylic acids is 1. The Hall–Kier alpha value is -1.26. The zero-order valence-corrected chi connectivity index (χ0v) is 10.5. The molecule has 0 aromatic heterocycles. The van der Waals surface area contributed by atoms with Crippen molar-refractivity contribution >= 4 is 12.0 Å². The van der Waals surface area contributed by atoms with E-state index in [4.69, 9.17) is 5.11 Å². The molecule has 1 fully saturated rings. The summed E-state index contributed by atoms with van der Waals surface area (Å²) < 4.78 is 0. The zero-order chi connectivity index (χ0) is 12.8. The summed E-state index contributed by atoms with van der Waals surface area (Å²) in [6, 6.07) is -0.465. The number of hydrogen-bond donors (Lipinski definition) is 3. The van der Waals surface area contributed by atoms with Crippen molar-refractivity contribution in [1.29, 1.82) is 0 Å². The van der Waals surface area contributed by atoms with Crippen LogP contribution in [0.5, 0.6) is 0 Å². The summed E-state index contributed by atoms with van der Waals surface area (Å²) in [6.45, 7) is 4.77. The van der Waals surface area contributed by atoms with Gasteiger partial charge in [-0.25, -0.2) is 4.79 Å². The second-order valence-electron chi connectivity index (χ2n) is 4.85. The fourth-order valence-corrected chi connectivity index (χ4v) is 2.06. The fourth-order valence-electron chi connectivity index (χ4n) is 2.06. The SMILES string of the molecule is CCC(C)CNC(=O)NC1CCCC1C(=O)O. The Morgan fingerprint density at radius 2 is 2.12 bits per heavy atom. The smallest absolute Gasteiger partial charge is 0.315 e. The topological polar surface area (TPSA) is 78.4 Å². The number of urea groups is 1. The Bertz CT molecular complexity index is 281. The Balaban J connectivity index is 2.33. The monoisotopic (exact) mass is 242 g/mol. The third-order valence-corrected chi connectivity index (χ3v) is 3.46. The molecule has 0 spiro atoms. The highest BCUT2D eigenvalue weighted by atomic mass is 16.4. The number of carbonyl (C=O) groups excluding carboxylic acids is 1. The van der Waals surface area contributed by atoms with Crippen LogP contribution in [-0.4, -0.2) is 29.7 Å². The predicted molar refractivity (Wildman–Crippen MR) is 64.8 cm³/mol. The highest BCUT2D eigenvalue weighted by Crippen LogP contribution is 2.25. The summed E-state index contributed by atoms with van der Waals surface area (Å²) in [4.78, 5) is 22.5. The van der Waals surface area contributed by atoms with E-state index in [9.17, 15) is 9.59 Å². The molecular formula is C12H22N2O3. The Kier molecular flexibility index (Phi) is 5.25. The Morgan fingerprint density at radius 1 is 1.41 bits per heavy atom. The summed E-state index contributed by atoms with van der Waals surface area (Å²) in [5.74, 6) is -0.793. The van der Waals surface area contributed by atoms with E-state index in [-0.39, 0.29) is 12.1 Å². The molecule has 3 atom stereocenters. The molecule has 1 saturated carbocycles. The van der Waals surface area contributed by atoms with Gasteiger partial charge in [0.15, 0.2) is 0 Å². The van der Waals surface area contributed by atoms with E-state index in [1.807, 2.05) is 0 Å². The molecule has 2 amide bonds. The minimum absolute atomic E-state index is 0.218. The minimum atomic E-state index is -0.810. The van der Waals surface area contributed by atoms with Crippen molar-refractivity contribution in [2.45, 2.75) is 45.6 Å². The van der Waals surface area contributed by atoms with E-state index in [1.165, 1.54) is 0 Å². The largest absolute Gasteiger partial charge is 0.481 e. The van der Waals surface area contributed by atoms with Crippen LogP contribution in [0.1, 0.15) is 39.5 Å². The lowest BCUT2D eigenvalue weighted by Gasteiger charge is -2.18. The van der Waals surface area contributed by atoms with Crippen molar-refractivity contribution in [3.8, 4) is 0 Å². The molecule has 1 aliphatic rings. The van der Waals surface area contributed by atoms with Gasteiger partial charge < -0.3 is 15.7 Å². The first-order chi connectivity index (χ1) is 8.04. The predicted octanol–water partition coefficient (Wildman–Crippen LogP) is 1.58. The highest BCUT2D eigenvalue weighted by Gasteiger charge is 2.33. The molecule has 0 heterocycles. The standard InChI is InChI=1S/C12H22N2O3/c1-3-8(2)7-13-12(17)14-10-6-4-5-9(10)11(15)16/h8-10H,3-7H2,1-2H3,(H,15,16)(H2,13,14,17). The van der Waals surface area contributed by atoms with Gasteiger partial charge in [-0.05, 0) is 18.8 Å². The second-order valence-corrected chi connectivity index (χ2v) is 4.85. The van der Waals surface area contributed by atoms with Crippen LogP contribution in [0.2, 0.25) is 0 Å². The number of carboxylic acid groups (broad SMARTS) is 1. The van der Waals surface area contributed by atoms with Gasteiger partial charge >= 0.3 is 12.0 Å². The number of hydrogen-bond acceptors (Lipinski definition) is 2. The summed E-state index contributed by atoms with van der Waals surface area (Å²) in [5.41, 5.74) is 0. The first-order valence-corrected chi connectivity index (χ1v) is 6.31. The number of carboxylic acids is 1. The average molecular weight is 242 g/mol. The van der Waals surface area contributed by atoms with E-state index in [1.54, 1.807) is 0 Å². The third kappa shape index (κ3) is 4.24. The second kappa shape index (κ2) is 6.47. The van der Waals surface area contributed by atoms with Crippen LogP contribution in [0.25, 0.3) is 0 Å². The summed E-state index contributed by atoms with van der Waals surface area (Å²) in [5, 5.41) is 14.5. The van der Waals surface area contributed by atoms with Crippen molar-refractivity contribution in [3.05, 3.63) is 0 Å². The Labute approximate surface area is 102 Å². The van der Waals surface area contributed by atoms with Gasteiger partial charge in [0.05, 0.1) is 5.92 Å². The first kappa shape index (κ1) is 13.8. The van der Waals surface area contributed by atoms with Gasteiger partial charge in [0.25, 0.3) is 0 Å². The van der Waals surface area contributed by atoms with Gasteiger partial charge in [-0.3, -0.25) is 4.79 Å². The molecule has 0 aliphatic heterocycles. The molecule has 5 heteroatoms. The first-order valence-electron chi connectivity index (χ1n) is 6.31. The normalized spacial score (nSPS) is 25.3. The molecule has 5 nitrogen and oxygen atoms in total. The minimum Gasteiger partial charge on any atom is -0.481 e. The fraction of sp³-hybridized carbons (Fsp3) is 0.833. The summed E-state index contributed by atoms with van der Waals surface area (Å²) in [7, 11) is 0. The van der Waals surface area contributed by atoms with Crippen molar-refractivity contribution in [2.75, 3.05) is 6.54 Å². The molecule has 1 aliphatic carbocycles. The van der Waals surface area contributed by atoms with Crippen molar-refractivity contribution in [3.63, 3.8) is 0 Å². The number of amides is 2. The van der Waals surface area contributed by atoms with Crippen molar-refractivity contribution < 1.29 is 14.7 Å². The number of rotatable bonds is 5. The van der Waals surface area contributed by atoms with E-state index in [2.05, 4.69) is 24.5 Å². The summed E-state index contributed by atoms with van der Waals surface area (Å²) >= 11 is 0. The van der Waals surface area contributed by atoms with E-state index < -0.39 is 11.9 Å². The lowest BCUT2D eigenvalue weighted by atomic mass is 10.0.